The van der Waals surface area contributed by atoms with Crippen molar-refractivity contribution >= 4 is 24.8 Å². The number of likely N-dealkylation sites (tertiary alicyclic amines) is 1. The molecule has 0 radical (unpaired) electrons. The molecule has 0 amide bonds. The summed E-state index contributed by atoms with van der Waals surface area (Å²) in [5.41, 5.74) is 5.60. The quantitative estimate of drug-likeness (QED) is 0.636. The van der Waals surface area contributed by atoms with Crippen LogP contribution in [0.25, 0.3) is 11.4 Å². The fourth-order valence-corrected chi connectivity index (χ4v) is 4.77. The molecule has 5 rings (SSSR count). The Labute approximate surface area is 195 Å². The minimum absolute atomic E-state index is 0. The summed E-state index contributed by atoms with van der Waals surface area (Å²) in [6.07, 6.45) is 4.89. The number of rotatable bonds is 3. The first kappa shape index (κ1) is 23.7. The van der Waals surface area contributed by atoms with Crippen LogP contribution < -0.4 is 5.32 Å². The zero-order valence-electron chi connectivity index (χ0n) is 17.9. The van der Waals surface area contributed by atoms with Crippen molar-refractivity contribution in [2.45, 2.75) is 38.1 Å². The minimum atomic E-state index is -0.225. The number of aromatic nitrogens is 3. The molecule has 8 heteroatoms. The molecule has 166 valence electrons. The van der Waals surface area contributed by atoms with Gasteiger partial charge in [0.1, 0.15) is 0 Å². The first-order valence-corrected chi connectivity index (χ1v) is 10.4. The molecule has 6 nitrogen and oxygen atoms in total. The number of piperidine rings is 1. The summed E-state index contributed by atoms with van der Waals surface area (Å²) >= 11 is 0. The molecule has 31 heavy (non-hydrogen) atoms. The summed E-state index contributed by atoms with van der Waals surface area (Å²) in [5.74, 6) is 1.41. The number of hydrogen-bond donors (Lipinski definition) is 1. The molecule has 1 N–H and O–H groups in total. The summed E-state index contributed by atoms with van der Waals surface area (Å²) in [6, 6.07) is 10.6. The van der Waals surface area contributed by atoms with Crippen molar-refractivity contribution in [2.75, 3.05) is 26.7 Å². The highest BCUT2D eigenvalue weighted by Gasteiger charge is 2.42. The van der Waals surface area contributed by atoms with Crippen LogP contribution in [-0.2, 0) is 18.4 Å². The van der Waals surface area contributed by atoms with E-state index in [1.54, 1.807) is 0 Å². The Hall–Kier alpha value is -1.99. The van der Waals surface area contributed by atoms with Crippen molar-refractivity contribution in [1.82, 2.24) is 25.3 Å². The van der Waals surface area contributed by atoms with Gasteiger partial charge >= 0.3 is 0 Å². The third kappa shape index (κ3) is 4.22. The van der Waals surface area contributed by atoms with E-state index in [1.807, 2.05) is 13.1 Å². The highest BCUT2D eigenvalue weighted by Crippen LogP contribution is 2.41. The molecule has 0 aliphatic carbocycles. The summed E-state index contributed by atoms with van der Waals surface area (Å²) in [7, 11) is 2.17. The molecule has 0 spiro atoms. The van der Waals surface area contributed by atoms with Gasteiger partial charge in [0.2, 0.25) is 11.7 Å². The molecule has 0 unspecified atom stereocenters. The monoisotopic (exact) mass is 461 g/mol. The van der Waals surface area contributed by atoms with Gasteiger partial charge in [0, 0.05) is 24.0 Å². The van der Waals surface area contributed by atoms with Crippen molar-refractivity contribution in [3.05, 3.63) is 64.8 Å². The lowest BCUT2D eigenvalue weighted by molar-refractivity contribution is 0.179. The van der Waals surface area contributed by atoms with E-state index in [9.17, 15) is 0 Å². The molecule has 3 aromatic rings. The van der Waals surface area contributed by atoms with Crippen LogP contribution in [0.5, 0.6) is 0 Å². The van der Waals surface area contributed by atoms with Crippen molar-refractivity contribution in [3.63, 3.8) is 0 Å². The summed E-state index contributed by atoms with van der Waals surface area (Å²) in [6.45, 7) is 5.88. The normalized spacial score (nSPS) is 17.9. The zero-order chi connectivity index (χ0) is 19.8. The third-order valence-electron chi connectivity index (χ3n) is 6.56. The second kappa shape index (κ2) is 9.65. The predicted octanol–water partition coefficient (Wildman–Crippen LogP) is 3.94. The number of halogens is 2. The van der Waals surface area contributed by atoms with Crippen molar-refractivity contribution in [1.29, 1.82) is 0 Å². The van der Waals surface area contributed by atoms with Crippen molar-refractivity contribution in [2.24, 2.45) is 0 Å². The smallest absolute Gasteiger partial charge is 0.237 e. The average molecular weight is 462 g/mol. The molecule has 0 atom stereocenters. The number of hydrogen-bond acceptors (Lipinski definition) is 6. The zero-order valence-corrected chi connectivity index (χ0v) is 19.6. The van der Waals surface area contributed by atoms with E-state index in [4.69, 9.17) is 9.51 Å². The Kier molecular flexibility index (Phi) is 7.37. The fraction of sp³-hybridized carbons (Fsp3) is 0.435. The van der Waals surface area contributed by atoms with Crippen LogP contribution in [0.3, 0.4) is 0 Å². The Morgan fingerprint density at radius 1 is 1.10 bits per heavy atom. The Morgan fingerprint density at radius 2 is 1.84 bits per heavy atom. The van der Waals surface area contributed by atoms with E-state index in [1.165, 1.54) is 16.7 Å². The number of benzene rings is 1. The van der Waals surface area contributed by atoms with Crippen LogP contribution in [0, 0.1) is 6.92 Å². The molecule has 2 aliphatic heterocycles. The van der Waals surface area contributed by atoms with Crippen molar-refractivity contribution in [3.8, 4) is 11.4 Å². The topological polar surface area (TPSA) is 67.1 Å². The molecule has 2 aliphatic rings. The molecule has 0 saturated carbocycles. The summed E-state index contributed by atoms with van der Waals surface area (Å²) in [4.78, 5) is 12.0. The van der Waals surface area contributed by atoms with Gasteiger partial charge in [-0.05, 0) is 69.6 Å². The fourth-order valence-electron chi connectivity index (χ4n) is 4.77. The third-order valence-corrected chi connectivity index (χ3v) is 6.56. The van der Waals surface area contributed by atoms with Crippen LogP contribution in [0.2, 0.25) is 0 Å². The maximum absolute atomic E-state index is 5.97. The second-order valence-corrected chi connectivity index (χ2v) is 8.32. The van der Waals surface area contributed by atoms with Gasteiger partial charge in [-0.3, -0.25) is 4.98 Å². The summed E-state index contributed by atoms with van der Waals surface area (Å²) < 4.78 is 5.97. The van der Waals surface area contributed by atoms with E-state index < -0.39 is 0 Å². The second-order valence-electron chi connectivity index (χ2n) is 8.32. The highest BCUT2D eigenvalue weighted by molar-refractivity contribution is 5.85. The van der Waals surface area contributed by atoms with Crippen LogP contribution in [0.4, 0.5) is 0 Å². The van der Waals surface area contributed by atoms with Crippen LogP contribution >= 0.6 is 24.8 Å². The van der Waals surface area contributed by atoms with Gasteiger partial charge in [0.15, 0.2) is 0 Å². The molecule has 2 aromatic heterocycles. The lowest BCUT2D eigenvalue weighted by Gasteiger charge is -2.38. The van der Waals surface area contributed by atoms with Crippen LogP contribution in [0.1, 0.15) is 41.1 Å². The summed E-state index contributed by atoms with van der Waals surface area (Å²) in [5, 5.41) is 7.88. The Morgan fingerprint density at radius 3 is 2.58 bits per heavy atom. The van der Waals surface area contributed by atoms with Gasteiger partial charge in [-0.1, -0.05) is 35.5 Å². The van der Waals surface area contributed by atoms with E-state index in [0.29, 0.717) is 5.82 Å². The molecule has 4 heterocycles. The SMILES string of the molecule is Cc1ncc2c(c1-c1noc(C3(c4ccccc4)CCN(C)CC3)n1)CCNC2.Cl.Cl. The van der Waals surface area contributed by atoms with Gasteiger partial charge in [0.25, 0.3) is 0 Å². The molecular weight excluding hydrogens is 433 g/mol. The molecule has 1 saturated heterocycles. The van der Waals surface area contributed by atoms with E-state index in [-0.39, 0.29) is 30.2 Å². The largest absolute Gasteiger partial charge is 0.338 e. The number of pyridine rings is 1. The highest BCUT2D eigenvalue weighted by atomic mass is 35.5. The molecule has 1 aromatic carbocycles. The molecular formula is C23H29Cl2N5O. The first-order chi connectivity index (χ1) is 14.2. The van der Waals surface area contributed by atoms with Gasteiger partial charge < -0.3 is 14.7 Å². The Balaban J connectivity index is 0.00000136. The predicted molar refractivity (Wildman–Crippen MR) is 126 cm³/mol. The van der Waals surface area contributed by atoms with Crippen molar-refractivity contribution < 1.29 is 4.52 Å². The lowest BCUT2D eigenvalue weighted by Crippen LogP contribution is -2.41. The molecule has 0 bridgehead atoms. The lowest BCUT2D eigenvalue weighted by atomic mass is 9.72. The van der Waals surface area contributed by atoms with Gasteiger partial charge in [-0.25, -0.2) is 0 Å². The maximum atomic E-state index is 5.97. The molecule has 1 fully saturated rings. The van der Waals surface area contributed by atoms with Crippen LogP contribution in [0.15, 0.2) is 41.1 Å². The average Bonchev–Trinajstić information content (AvgIpc) is 3.25. The van der Waals surface area contributed by atoms with E-state index in [0.717, 1.165) is 62.6 Å². The maximum Gasteiger partial charge on any atom is 0.237 e. The number of aryl methyl sites for hydroxylation is 1. The Bertz CT molecular complexity index is 1020. The standard InChI is InChI=1S/C23H27N5O.2ClH/c1-16-20(19-8-11-24-14-17(19)15-25-16)21-26-22(29-27-21)23(9-12-28(2)13-10-23)18-6-4-3-5-7-18;;/h3-7,15,24H,8-14H2,1-2H3;2*1H. The number of nitrogens with one attached hydrogen (secondary N) is 1. The minimum Gasteiger partial charge on any atom is -0.338 e. The van der Waals surface area contributed by atoms with Gasteiger partial charge in [-0.2, -0.15) is 4.98 Å². The van der Waals surface area contributed by atoms with Gasteiger partial charge in [-0.15, -0.1) is 24.8 Å². The number of nitrogens with zero attached hydrogens (tertiary/aromatic N) is 4. The van der Waals surface area contributed by atoms with Crippen LogP contribution in [-0.4, -0.2) is 46.7 Å². The van der Waals surface area contributed by atoms with E-state index in [2.05, 4.69) is 57.7 Å². The number of fused-ring (bicyclic) bond motifs is 1. The van der Waals surface area contributed by atoms with Gasteiger partial charge in [0.05, 0.1) is 5.41 Å². The first-order valence-electron chi connectivity index (χ1n) is 10.4. The van der Waals surface area contributed by atoms with E-state index >= 15 is 0 Å².